The van der Waals surface area contributed by atoms with E-state index in [4.69, 9.17) is 4.74 Å². The van der Waals surface area contributed by atoms with Gasteiger partial charge in [-0.3, -0.25) is 9.80 Å². The Morgan fingerprint density at radius 1 is 1.19 bits per heavy atom. The van der Waals surface area contributed by atoms with Crippen LogP contribution in [0.5, 0.6) is 0 Å². The van der Waals surface area contributed by atoms with Gasteiger partial charge in [0.2, 0.25) is 0 Å². The second-order valence-electron chi connectivity index (χ2n) is 6.03. The Morgan fingerprint density at radius 3 is 2.71 bits per heavy atom. The summed E-state index contributed by atoms with van der Waals surface area (Å²) < 4.78 is 7.65. The molecule has 0 aromatic carbocycles. The molecule has 0 amide bonds. The van der Waals surface area contributed by atoms with Gasteiger partial charge < -0.3 is 4.74 Å². The van der Waals surface area contributed by atoms with Crippen LogP contribution in [0, 0.1) is 0 Å². The molecule has 0 aliphatic carbocycles. The third-order valence-corrected chi connectivity index (χ3v) is 4.36. The Labute approximate surface area is 126 Å². The van der Waals surface area contributed by atoms with Crippen molar-refractivity contribution in [1.82, 2.24) is 30.0 Å². The van der Waals surface area contributed by atoms with Crippen molar-refractivity contribution in [2.45, 2.75) is 45.4 Å². The average molecular weight is 294 g/mol. The zero-order valence-corrected chi connectivity index (χ0v) is 12.9. The lowest BCUT2D eigenvalue weighted by Gasteiger charge is -2.35. The number of nitrogens with zero attached hydrogens (tertiary/aromatic N) is 6. The van der Waals surface area contributed by atoms with E-state index in [2.05, 4.69) is 32.2 Å². The van der Waals surface area contributed by atoms with Crippen LogP contribution in [-0.4, -0.2) is 75.4 Å². The minimum absolute atomic E-state index is 0.466. The van der Waals surface area contributed by atoms with Crippen LogP contribution in [0.3, 0.4) is 0 Å². The average Bonchev–Trinajstić information content (AvgIpc) is 3.14. The third kappa shape index (κ3) is 3.99. The molecule has 1 atom stereocenters. The van der Waals surface area contributed by atoms with E-state index in [0.29, 0.717) is 6.10 Å². The van der Waals surface area contributed by atoms with Crippen LogP contribution in [0.2, 0.25) is 0 Å². The summed E-state index contributed by atoms with van der Waals surface area (Å²) in [5.74, 6) is 0.990. The normalized spacial score (nSPS) is 24.7. The van der Waals surface area contributed by atoms with Gasteiger partial charge in [0.1, 0.15) is 0 Å². The highest BCUT2D eigenvalue weighted by Gasteiger charge is 2.23. The number of rotatable bonds is 6. The topological polar surface area (TPSA) is 59.3 Å². The monoisotopic (exact) mass is 294 g/mol. The molecular formula is C14H26N6O. The van der Waals surface area contributed by atoms with Gasteiger partial charge in [0.15, 0.2) is 5.82 Å². The van der Waals surface area contributed by atoms with E-state index in [1.54, 1.807) is 0 Å². The van der Waals surface area contributed by atoms with Crippen molar-refractivity contribution in [2.24, 2.45) is 0 Å². The number of ether oxygens (including phenoxy) is 1. The molecule has 3 heterocycles. The van der Waals surface area contributed by atoms with Gasteiger partial charge in [-0.05, 0) is 29.7 Å². The molecule has 3 rings (SSSR count). The molecule has 1 aromatic heterocycles. The number of aromatic nitrogens is 4. The first-order valence-electron chi connectivity index (χ1n) is 8.16. The van der Waals surface area contributed by atoms with E-state index >= 15 is 0 Å². The largest absolute Gasteiger partial charge is 0.377 e. The number of hydrogen-bond acceptors (Lipinski definition) is 6. The summed E-state index contributed by atoms with van der Waals surface area (Å²) in [6, 6.07) is 0. The van der Waals surface area contributed by atoms with E-state index in [-0.39, 0.29) is 0 Å². The lowest BCUT2D eigenvalue weighted by Crippen LogP contribution is -2.48. The first-order chi connectivity index (χ1) is 10.3. The van der Waals surface area contributed by atoms with E-state index < -0.39 is 0 Å². The molecule has 0 bridgehead atoms. The van der Waals surface area contributed by atoms with Crippen LogP contribution >= 0.6 is 0 Å². The maximum absolute atomic E-state index is 5.73. The van der Waals surface area contributed by atoms with Crippen LogP contribution in [0.15, 0.2) is 0 Å². The summed E-state index contributed by atoms with van der Waals surface area (Å²) in [5, 5.41) is 12.0. The van der Waals surface area contributed by atoms with Gasteiger partial charge in [-0.15, -0.1) is 5.10 Å². The van der Waals surface area contributed by atoms with Crippen molar-refractivity contribution in [1.29, 1.82) is 0 Å². The molecule has 0 radical (unpaired) electrons. The summed E-state index contributed by atoms with van der Waals surface area (Å²) in [7, 11) is 0. The molecular weight excluding hydrogens is 268 g/mol. The Morgan fingerprint density at radius 2 is 2.00 bits per heavy atom. The number of aryl methyl sites for hydroxylation is 1. The summed E-state index contributed by atoms with van der Waals surface area (Å²) in [6.07, 6.45) is 3.98. The van der Waals surface area contributed by atoms with Crippen molar-refractivity contribution in [2.75, 3.05) is 39.3 Å². The van der Waals surface area contributed by atoms with Crippen molar-refractivity contribution in [3.05, 3.63) is 5.82 Å². The third-order valence-electron chi connectivity index (χ3n) is 4.36. The maximum atomic E-state index is 5.73. The van der Waals surface area contributed by atoms with E-state index in [1.807, 2.05) is 4.68 Å². The zero-order valence-electron chi connectivity index (χ0n) is 12.9. The highest BCUT2D eigenvalue weighted by Crippen LogP contribution is 2.15. The molecule has 0 saturated carbocycles. The standard InChI is InChI=1S/C14H26N6O/c1-2-5-20-14(15-16-17-20)12-19-8-6-18(7-9-19)11-13-4-3-10-21-13/h13H,2-12H2,1H3. The molecule has 2 aliphatic rings. The molecule has 7 nitrogen and oxygen atoms in total. The van der Waals surface area contributed by atoms with Gasteiger partial charge >= 0.3 is 0 Å². The van der Waals surface area contributed by atoms with E-state index in [9.17, 15) is 0 Å². The van der Waals surface area contributed by atoms with Crippen LogP contribution in [-0.2, 0) is 17.8 Å². The molecule has 118 valence electrons. The Balaban J connectivity index is 1.43. The predicted molar refractivity (Wildman–Crippen MR) is 78.8 cm³/mol. The lowest BCUT2D eigenvalue weighted by molar-refractivity contribution is 0.0481. The number of piperazine rings is 1. The molecule has 1 unspecified atom stereocenters. The Hall–Kier alpha value is -1.05. The maximum Gasteiger partial charge on any atom is 0.165 e. The van der Waals surface area contributed by atoms with Crippen molar-refractivity contribution in [3.63, 3.8) is 0 Å². The van der Waals surface area contributed by atoms with Crippen LogP contribution < -0.4 is 0 Å². The molecule has 21 heavy (non-hydrogen) atoms. The smallest absolute Gasteiger partial charge is 0.165 e. The molecule has 7 heteroatoms. The van der Waals surface area contributed by atoms with Gasteiger partial charge in [-0.1, -0.05) is 6.92 Å². The minimum Gasteiger partial charge on any atom is -0.377 e. The quantitative estimate of drug-likeness (QED) is 0.756. The fourth-order valence-corrected chi connectivity index (χ4v) is 3.13. The van der Waals surface area contributed by atoms with Gasteiger partial charge in [-0.2, -0.15) is 0 Å². The van der Waals surface area contributed by atoms with Gasteiger partial charge in [0.05, 0.1) is 12.6 Å². The first kappa shape index (κ1) is 14.9. The Bertz CT molecular complexity index is 423. The summed E-state index contributed by atoms with van der Waals surface area (Å²) in [5.41, 5.74) is 0. The second kappa shape index (κ2) is 7.29. The van der Waals surface area contributed by atoms with Crippen molar-refractivity contribution >= 4 is 0 Å². The first-order valence-corrected chi connectivity index (χ1v) is 8.16. The second-order valence-corrected chi connectivity index (χ2v) is 6.03. The predicted octanol–water partition coefficient (Wildman–Crippen LogP) is 0.380. The summed E-state index contributed by atoms with van der Waals surface area (Å²) in [6.45, 7) is 10.4. The molecule has 2 fully saturated rings. The fourth-order valence-electron chi connectivity index (χ4n) is 3.13. The van der Waals surface area contributed by atoms with Gasteiger partial charge in [0, 0.05) is 45.9 Å². The fraction of sp³-hybridized carbons (Fsp3) is 0.929. The van der Waals surface area contributed by atoms with Crippen molar-refractivity contribution < 1.29 is 4.74 Å². The van der Waals surface area contributed by atoms with Gasteiger partial charge in [-0.25, -0.2) is 4.68 Å². The summed E-state index contributed by atoms with van der Waals surface area (Å²) >= 11 is 0. The zero-order chi connectivity index (χ0) is 14.5. The molecule has 2 aliphatic heterocycles. The number of tetrazole rings is 1. The van der Waals surface area contributed by atoms with Gasteiger partial charge in [0.25, 0.3) is 0 Å². The van der Waals surface area contributed by atoms with E-state index in [1.165, 1.54) is 12.8 Å². The minimum atomic E-state index is 0.466. The highest BCUT2D eigenvalue weighted by atomic mass is 16.5. The van der Waals surface area contributed by atoms with Crippen LogP contribution in [0.4, 0.5) is 0 Å². The molecule has 2 saturated heterocycles. The highest BCUT2D eigenvalue weighted by molar-refractivity contribution is 4.84. The molecule has 0 spiro atoms. The molecule has 0 N–H and O–H groups in total. The van der Waals surface area contributed by atoms with Crippen LogP contribution in [0.1, 0.15) is 32.0 Å². The van der Waals surface area contributed by atoms with Crippen LogP contribution in [0.25, 0.3) is 0 Å². The Kier molecular flexibility index (Phi) is 5.16. The SMILES string of the molecule is CCCn1nnnc1CN1CCN(CC2CCCO2)CC1. The van der Waals surface area contributed by atoms with Crippen molar-refractivity contribution in [3.8, 4) is 0 Å². The molecule has 1 aromatic rings. The lowest BCUT2D eigenvalue weighted by atomic mass is 10.2. The summed E-state index contributed by atoms with van der Waals surface area (Å²) in [4.78, 5) is 4.98. The number of hydrogen-bond donors (Lipinski definition) is 0. The van der Waals surface area contributed by atoms with E-state index in [0.717, 1.165) is 64.7 Å².